The Bertz CT molecular complexity index is 758. The lowest BCUT2D eigenvalue weighted by Crippen LogP contribution is -2.38. The summed E-state index contributed by atoms with van der Waals surface area (Å²) < 4.78 is 11.5. The van der Waals surface area contributed by atoms with Gasteiger partial charge in [0.1, 0.15) is 17.6 Å². The van der Waals surface area contributed by atoms with E-state index in [1.54, 1.807) is 0 Å². The highest BCUT2D eigenvalue weighted by Crippen LogP contribution is 2.35. The molecule has 0 saturated heterocycles. The Labute approximate surface area is 154 Å². The number of aryl methyl sites for hydroxylation is 1. The first-order chi connectivity index (χ1) is 12.5. The van der Waals surface area contributed by atoms with Crippen molar-refractivity contribution in [1.82, 2.24) is 5.32 Å². The molecule has 1 N–H and O–H groups in total. The number of ether oxygens (including phenoxy) is 2. The minimum atomic E-state index is -0.106. The summed E-state index contributed by atoms with van der Waals surface area (Å²) in [7, 11) is 0. The van der Waals surface area contributed by atoms with E-state index in [2.05, 4.69) is 36.2 Å². The van der Waals surface area contributed by atoms with Crippen molar-refractivity contribution < 1.29 is 14.3 Å². The molecule has 1 atom stereocenters. The molecule has 1 aliphatic heterocycles. The molecule has 5 nitrogen and oxygen atoms in total. The maximum absolute atomic E-state index is 11.5. The van der Waals surface area contributed by atoms with Crippen LogP contribution in [0.3, 0.4) is 0 Å². The van der Waals surface area contributed by atoms with Crippen LogP contribution in [-0.2, 0) is 11.3 Å². The largest absolute Gasteiger partial charge is 0.487 e. The second-order valence-corrected chi connectivity index (χ2v) is 6.67. The zero-order chi connectivity index (χ0) is 18.5. The lowest BCUT2D eigenvalue weighted by molar-refractivity contribution is -0.122. The van der Waals surface area contributed by atoms with Crippen LogP contribution in [0.1, 0.15) is 25.0 Å². The highest BCUT2D eigenvalue weighted by Gasteiger charge is 2.23. The fourth-order valence-electron chi connectivity index (χ4n) is 3.10. The van der Waals surface area contributed by atoms with Gasteiger partial charge in [0, 0.05) is 13.1 Å². The van der Waals surface area contributed by atoms with Gasteiger partial charge in [-0.3, -0.25) is 4.79 Å². The number of nitrogens with zero attached hydrogens (tertiary/aromatic N) is 1. The lowest BCUT2D eigenvalue weighted by Gasteiger charge is -2.35. The molecule has 3 rings (SSSR count). The second-order valence-electron chi connectivity index (χ2n) is 6.67. The highest BCUT2D eigenvalue weighted by atomic mass is 16.5. The first-order valence-corrected chi connectivity index (χ1v) is 9.06. The maximum atomic E-state index is 11.5. The molecule has 0 fully saturated rings. The smallest absolute Gasteiger partial charge is 0.257 e. The quantitative estimate of drug-likeness (QED) is 0.865. The Morgan fingerprint density at radius 1 is 1.27 bits per heavy atom. The van der Waals surface area contributed by atoms with Crippen LogP contribution in [0.25, 0.3) is 0 Å². The van der Waals surface area contributed by atoms with Gasteiger partial charge in [0.15, 0.2) is 6.61 Å². The SMILES string of the molecule is CCNC(=O)COc1ccc(CN2C[C@@H](C)Oc3ccc(C)cc32)cc1. The van der Waals surface area contributed by atoms with E-state index < -0.39 is 0 Å². The average molecular weight is 354 g/mol. The molecule has 0 bridgehead atoms. The van der Waals surface area contributed by atoms with Gasteiger partial charge in [-0.05, 0) is 56.2 Å². The summed E-state index contributed by atoms with van der Waals surface area (Å²) in [6, 6.07) is 14.2. The van der Waals surface area contributed by atoms with Crippen molar-refractivity contribution in [3.63, 3.8) is 0 Å². The molecular formula is C21H26N2O3. The molecule has 0 unspecified atom stereocenters. The van der Waals surface area contributed by atoms with Crippen LogP contribution in [0.5, 0.6) is 11.5 Å². The fourth-order valence-corrected chi connectivity index (χ4v) is 3.10. The van der Waals surface area contributed by atoms with E-state index in [-0.39, 0.29) is 18.6 Å². The van der Waals surface area contributed by atoms with Crippen molar-refractivity contribution >= 4 is 11.6 Å². The highest BCUT2D eigenvalue weighted by molar-refractivity contribution is 5.77. The van der Waals surface area contributed by atoms with Crippen LogP contribution in [0.4, 0.5) is 5.69 Å². The summed E-state index contributed by atoms with van der Waals surface area (Å²) in [5, 5.41) is 2.72. The van der Waals surface area contributed by atoms with Crippen molar-refractivity contribution in [2.24, 2.45) is 0 Å². The number of carbonyl (C=O) groups is 1. The predicted molar refractivity (Wildman–Crippen MR) is 103 cm³/mol. The zero-order valence-electron chi connectivity index (χ0n) is 15.6. The van der Waals surface area contributed by atoms with Gasteiger partial charge in [-0.2, -0.15) is 0 Å². The van der Waals surface area contributed by atoms with E-state index >= 15 is 0 Å². The molecule has 1 amide bonds. The Hall–Kier alpha value is -2.69. The molecule has 0 saturated carbocycles. The Balaban J connectivity index is 1.66. The molecule has 0 aliphatic carbocycles. The number of benzene rings is 2. The molecule has 26 heavy (non-hydrogen) atoms. The van der Waals surface area contributed by atoms with Crippen LogP contribution >= 0.6 is 0 Å². The van der Waals surface area contributed by atoms with E-state index in [9.17, 15) is 4.79 Å². The van der Waals surface area contributed by atoms with E-state index in [1.807, 2.05) is 37.3 Å². The van der Waals surface area contributed by atoms with Gasteiger partial charge in [-0.15, -0.1) is 0 Å². The number of nitrogens with one attached hydrogen (secondary N) is 1. The summed E-state index contributed by atoms with van der Waals surface area (Å²) >= 11 is 0. The molecule has 138 valence electrons. The minimum Gasteiger partial charge on any atom is -0.487 e. The third kappa shape index (κ3) is 4.48. The zero-order valence-corrected chi connectivity index (χ0v) is 15.6. The van der Waals surface area contributed by atoms with Gasteiger partial charge < -0.3 is 19.7 Å². The molecule has 0 aromatic heterocycles. The van der Waals surface area contributed by atoms with E-state index in [4.69, 9.17) is 9.47 Å². The van der Waals surface area contributed by atoms with Crippen LogP contribution in [-0.4, -0.2) is 31.7 Å². The van der Waals surface area contributed by atoms with Crippen molar-refractivity contribution in [2.75, 3.05) is 24.6 Å². The third-order valence-corrected chi connectivity index (χ3v) is 4.30. The Kier molecular flexibility index (Phi) is 5.66. The number of hydrogen-bond acceptors (Lipinski definition) is 4. The number of amides is 1. The summed E-state index contributed by atoms with van der Waals surface area (Å²) in [5.74, 6) is 1.54. The lowest BCUT2D eigenvalue weighted by atomic mass is 10.1. The number of fused-ring (bicyclic) bond motifs is 1. The van der Waals surface area contributed by atoms with E-state index in [0.717, 1.165) is 24.5 Å². The first-order valence-electron chi connectivity index (χ1n) is 9.06. The molecular weight excluding hydrogens is 328 g/mol. The van der Waals surface area contributed by atoms with Crippen LogP contribution in [0.2, 0.25) is 0 Å². The summed E-state index contributed by atoms with van der Waals surface area (Å²) in [4.78, 5) is 13.8. The van der Waals surface area contributed by atoms with Gasteiger partial charge in [0.2, 0.25) is 0 Å². The minimum absolute atomic E-state index is 0.0425. The number of carbonyl (C=O) groups excluding carboxylic acids is 1. The summed E-state index contributed by atoms with van der Waals surface area (Å²) in [6.45, 7) is 8.39. The average Bonchev–Trinajstić information content (AvgIpc) is 2.62. The van der Waals surface area contributed by atoms with Gasteiger partial charge in [0.25, 0.3) is 5.91 Å². The van der Waals surface area contributed by atoms with Crippen molar-refractivity contribution in [3.8, 4) is 11.5 Å². The van der Waals surface area contributed by atoms with Crippen LogP contribution in [0.15, 0.2) is 42.5 Å². The van der Waals surface area contributed by atoms with Gasteiger partial charge in [-0.1, -0.05) is 18.2 Å². The number of hydrogen-bond donors (Lipinski definition) is 1. The van der Waals surface area contributed by atoms with Crippen molar-refractivity contribution in [3.05, 3.63) is 53.6 Å². The Morgan fingerprint density at radius 3 is 2.77 bits per heavy atom. The first kappa shape index (κ1) is 18.1. The van der Waals surface area contributed by atoms with Crippen molar-refractivity contribution in [2.45, 2.75) is 33.4 Å². The summed E-state index contributed by atoms with van der Waals surface area (Å²) in [6.07, 6.45) is 0.157. The normalized spacial score (nSPS) is 15.8. The van der Waals surface area contributed by atoms with Gasteiger partial charge >= 0.3 is 0 Å². The molecule has 2 aromatic carbocycles. The fraction of sp³-hybridized carbons (Fsp3) is 0.381. The second kappa shape index (κ2) is 8.13. The number of anilines is 1. The Morgan fingerprint density at radius 2 is 2.04 bits per heavy atom. The maximum Gasteiger partial charge on any atom is 0.257 e. The number of likely N-dealkylation sites (N-methyl/N-ethyl adjacent to an activating group) is 1. The monoisotopic (exact) mass is 354 g/mol. The summed E-state index contributed by atoms with van der Waals surface area (Å²) in [5.41, 5.74) is 3.55. The standard InChI is InChI=1S/C21H26N2O3/c1-4-22-21(24)14-25-18-8-6-17(7-9-18)13-23-12-16(3)26-20-10-5-15(2)11-19(20)23/h5-11,16H,4,12-14H2,1-3H3,(H,22,24)/t16-/m1/s1. The topological polar surface area (TPSA) is 50.8 Å². The van der Waals surface area contributed by atoms with E-state index in [1.165, 1.54) is 11.1 Å². The molecule has 1 heterocycles. The van der Waals surface area contributed by atoms with Crippen molar-refractivity contribution in [1.29, 1.82) is 0 Å². The molecule has 2 aromatic rings. The molecule has 0 radical (unpaired) electrons. The molecule has 0 spiro atoms. The predicted octanol–water partition coefficient (Wildman–Crippen LogP) is 3.30. The third-order valence-electron chi connectivity index (χ3n) is 4.30. The van der Waals surface area contributed by atoms with Gasteiger partial charge in [-0.25, -0.2) is 0 Å². The number of rotatable bonds is 6. The van der Waals surface area contributed by atoms with Crippen LogP contribution < -0.4 is 19.7 Å². The van der Waals surface area contributed by atoms with E-state index in [0.29, 0.717) is 12.3 Å². The van der Waals surface area contributed by atoms with Gasteiger partial charge in [0.05, 0.1) is 12.2 Å². The van der Waals surface area contributed by atoms with Crippen LogP contribution in [0, 0.1) is 6.92 Å². The molecule has 5 heteroatoms. The molecule has 1 aliphatic rings.